The first-order valence-corrected chi connectivity index (χ1v) is 8.43. The summed E-state index contributed by atoms with van der Waals surface area (Å²) < 4.78 is 26.3. The number of aryl methyl sites for hydroxylation is 1. The first-order chi connectivity index (χ1) is 9.47. The lowest BCUT2D eigenvalue weighted by Crippen LogP contribution is -2.23. The molecule has 106 valence electrons. The molecule has 0 spiro atoms. The zero-order chi connectivity index (χ0) is 14.8. The number of hydrogen-bond donors (Lipinski definition) is 1. The van der Waals surface area contributed by atoms with Gasteiger partial charge in [-0.2, -0.15) is 0 Å². The molecule has 1 heterocycles. The van der Waals surface area contributed by atoms with E-state index in [1.54, 1.807) is 31.2 Å². The Labute approximate surface area is 122 Å². The number of thiophene rings is 1. The first kappa shape index (κ1) is 14.9. The van der Waals surface area contributed by atoms with Crippen molar-refractivity contribution in [2.75, 3.05) is 6.54 Å². The molecule has 1 aromatic heterocycles. The molecule has 0 aliphatic carbocycles. The van der Waals surface area contributed by atoms with E-state index in [1.807, 2.05) is 13.0 Å². The summed E-state index contributed by atoms with van der Waals surface area (Å²) in [5, 5.41) is 0. The molecule has 0 fully saturated rings. The van der Waals surface area contributed by atoms with E-state index in [4.69, 9.17) is 0 Å². The van der Waals surface area contributed by atoms with Crippen molar-refractivity contribution in [2.24, 2.45) is 0 Å². The van der Waals surface area contributed by atoms with Crippen LogP contribution in [0.4, 0.5) is 0 Å². The van der Waals surface area contributed by atoms with E-state index in [-0.39, 0.29) is 4.90 Å². The van der Waals surface area contributed by atoms with E-state index >= 15 is 0 Å². The van der Waals surface area contributed by atoms with Crippen LogP contribution in [0.3, 0.4) is 0 Å². The fraction of sp³-hybridized carbons (Fsp3) is 0.214. The second kappa shape index (κ2) is 5.87. The second-order valence-corrected chi connectivity index (χ2v) is 7.18. The molecule has 1 aromatic carbocycles. The van der Waals surface area contributed by atoms with Crippen molar-refractivity contribution in [3.05, 3.63) is 40.8 Å². The Morgan fingerprint density at radius 1 is 1.25 bits per heavy atom. The van der Waals surface area contributed by atoms with Gasteiger partial charge in [0.05, 0.1) is 9.77 Å². The van der Waals surface area contributed by atoms with Gasteiger partial charge in [0.25, 0.3) is 0 Å². The van der Waals surface area contributed by atoms with Crippen LogP contribution in [0, 0.1) is 6.92 Å². The minimum absolute atomic E-state index is 0.257. The van der Waals surface area contributed by atoms with Crippen molar-refractivity contribution in [3.63, 3.8) is 0 Å². The number of hydrogen-bond acceptors (Lipinski definition) is 4. The molecule has 0 bridgehead atoms. The van der Waals surface area contributed by atoms with E-state index in [0.717, 1.165) is 22.3 Å². The summed E-state index contributed by atoms with van der Waals surface area (Å²) in [6, 6.07) is 8.64. The summed E-state index contributed by atoms with van der Waals surface area (Å²) in [5.41, 5.74) is 1.81. The van der Waals surface area contributed by atoms with Crippen LogP contribution in [0.1, 0.15) is 22.2 Å². The Bertz CT molecular complexity index is 733. The van der Waals surface area contributed by atoms with Crippen molar-refractivity contribution in [1.29, 1.82) is 0 Å². The molecule has 0 unspecified atom stereocenters. The van der Waals surface area contributed by atoms with E-state index in [0.29, 0.717) is 11.4 Å². The predicted molar refractivity (Wildman–Crippen MR) is 80.7 cm³/mol. The molecule has 0 aliphatic heterocycles. The van der Waals surface area contributed by atoms with Crippen LogP contribution in [-0.4, -0.2) is 21.2 Å². The quantitative estimate of drug-likeness (QED) is 0.864. The summed E-state index contributed by atoms with van der Waals surface area (Å²) in [4.78, 5) is 12.6. The number of nitrogens with one attached hydrogen (secondary N) is 1. The van der Waals surface area contributed by atoms with Crippen molar-refractivity contribution in [2.45, 2.75) is 18.7 Å². The van der Waals surface area contributed by atoms with Gasteiger partial charge in [0, 0.05) is 11.4 Å². The summed E-state index contributed by atoms with van der Waals surface area (Å²) in [6.45, 7) is 3.96. The average Bonchev–Trinajstić information content (AvgIpc) is 2.87. The molecule has 4 nitrogen and oxygen atoms in total. The van der Waals surface area contributed by atoms with E-state index in [1.165, 1.54) is 11.3 Å². The fourth-order valence-electron chi connectivity index (χ4n) is 1.91. The summed E-state index contributed by atoms with van der Waals surface area (Å²) >= 11 is 1.39. The van der Waals surface area contributed by atoms with Crippen molar-refractivity contribution in [3.8, 4) is 10.4 Å². The molecular formula is C14H15NO3S2. The van der Waals surface area contributed by atoms with Crippen molar-refractivity contribution < 1.29 is 13.2 Å². The second-order valence-electron chi connectivity index (χ2n) is 4.30. The van der Waals surface area contributed by atoms with Gasteiger partial charge in [0.2, 0.25) is 10.0 Å². The lowest BCUT2D eigenvalue weighted by atomic mass is 10.1. The van der Waals surface area contributed by atoms with Gasteiger partial charge < -0.3 is 0 Å². The Morgan fingerprint density at radius 2 is 2.00 bits per heavy atom. The highest BCUT2D eigenvalue weighted by atomic mass is 32.2. The zero-order valence-electron chi connectivity index (χ0n) is 11.2. The Kier molecular flexibility index (Phi) is 4.37. The molecule has 0 saturated heterocycles. The highest BCUT2D eigenvalue weighted by Gasteiger charge is 2.14. The molecule has 1 N–H and O–H groups in total. The number of sulfonamides is 1. The maximum atomic E-state index is 11.9. The van der Waals surface area contributed by atoms with E-state index in [2.05, 4.69) is 4.72 Å². The maximum absolute atomic E-state index is 11.9. The molecule has 0 atom stereocenters. The standard InChI is InChI=1S/C14H15NO3S2/c1-3-15-20(17,18)12-5-6-13(10(2)8-12)14-7-4-11(9-16)19-14/h4-9,15H,3H2,1-2H3. The van der Waals surface area contributed by atoms with Crippen LogP contribution in [0.15, 0.2) is 35.2 Å². The van der Waals surface area contributed by atoms with Crippen LogP contribution >= 0.6 is 11.3 Å². The van der Waals surface area contributed by atoms with Gasteiger partial charge in [-0.25, -0.2) is 13.1 Å². The van der Waals surface area contributed by atoms with Gasteiger partial charge in [0.15, 0.2) is 6.29 Å². The highest BCUT2D eigenvalue weighted by molar-refractivity contribution is 7.89. The Balaban J connectivity index is 2.42. The lowest BCUT2D eigenvalue weighted by Gasteiger charge is -2.08. The molecule has 0 aliphatic rings. The number of aldehydes is 1. The van der Waals surface area contributed by atoms with E-state index < -0.39 is 10.0 Å². The third-order valence-corrected chi connectivity index (χ3v) is 5.44. The Hall–Kier alpha value is -1.50. The van der Waals surface area contributed by atoms with Crippen LogP contribution < -0.4 is 4.72 Å². The molecule has 6 heteroatoms. The molecule has 2 rings (SSSR count). The maximum Gasteiger partial charge on any atom is 0.240 e. The SMILES string of the molecule is CCNS(=O)(=O)c1ccc(-c2ccc(C=O)s2)c(C)c1. The third kappa shape index (κ3) is 2.98. The lowest BCUT2D eigenvalue weighted by molar-refractivity contribution is 0.112. The molecule has 2 aromatic rings. The highest BCUT2D eigenvalue weighted by Crippen LogP contribution is 2.31. The van der Waals surface area contributed by atoms with Gasteiger partial charge >= 0.3 is 0 Å². The minimum Gasteiger partial charge on any atom is -0.297 e. The van der Waals surface area contributed by atoms with Crippen molar-refractivity contribution in [1.82, 2.24) is 4.72 Å². The molecule has 20 heavy (non-hydrogen) atoms. The van der Waals surface area contributed by atoms with Gasteiger partial charge in [-0.3, -0.25) is 4.79 Å². The van der Waals surface area contributed by atoms with Crippen LogP contribution in [0.25, 0.3) is 10.4 Å². The Morgan fingerprint density at radius 3 is 2.55 bits per heavy atom. The first-order valence-electron chi connectivity index (χ1n) is 6.13. The van der Waals surface area contributed by atoms with E-state index in [9.17, 15) is 13.2 Å². The van der Waals surface area contributed by atoms with Gasteiger partial charge in [-0.1, -0.05) is 13.0 Å². The molecule has 0 amide bonds. The van der Waals surface area contributed by atoms with Crippen LogP contribution in [0.5, 0.6) is 0 Å². The molecular weight excluding hydrogens is 294 g/mol. The third-order valence-electron chi connectivity index (χ3n) is 2.85. The number of rotatable bonds is 5. The number of carbonyl (C=O) groups is 1. The zero-order valence-corrected chi connectivity index (χ0v) is 12.8. The van der Waals surface area contributed by atoms with Crippen LogP contribution in [0.2, 0.25) is 0 Å². The monoisotopic (exact) mass is 309 g/mol. The fourth-order valence-corrected chi connectivity index (χ4v) is 3.95. The smallest absolute Gasteiger partial charge is 0.240 e. The number of carbonyl (C=O) groups excluding carboxylic acids is 1. The van der Waals surface area contributed by atoms with Gasteiger partial charge in [0.1, 0.15) is 0 Å². The van der Waals surface area contributed by atoms with Gasteiger partial charge in [-0.05, 0) is 42.3 Å². The predicted octanol–water partition coefficient (Wildman–Crippen LogP) is 2.83. The molecule has 0 saturated carbocycles. The normalized spacial score (nSPS) is 11.5. The topological polar surface area (TPSA) is 63.2 Å². The minimum atomic E-state index is -3.43. The summed E-state index contributed by atoms with van der Waals surface area (Å²) in [5.74, 6) is 0. The number of benzene rings is 1. The van der Waals surface area contributed by atoms with Crippen LogP contribution in [-0.2, 0) is 10.0 Å². The summed E-state index contributed by atoms with van der Waals surface area (Å²) in [7, 11) is -3.43. The average molecular weight is 309 g/mol. The largest absolute Gasteiger partial charge is 0.297 e. The van der Waals surface area contributed by atoms with Gasteiger partial charge in [-0.15, -0.1) is 11.3 Å². The molecule has 0 radical (unpaired) electrons. The summed E-state index contributed by atoms with van der Waals surface area (Å²) in [6.07, 6.45) is 0.813. The van der Waals surface area contributed by atoms with Crippen molar-refractivity contribution >= 4 is 27.6 Å².